The molecule has 0 bridgehead atoms. The Kier molecular flexibility index (Phi) is 7.63. The first-order chi connectivity index (χ1) is 14.7. The minimum absolute atomic E-state index is 0.0253. The number of carbonyl (C=O) groups excluding carboxylic acids is 2. The number of benzene rings is 2. The minimum atomic E-state index is -4.53. The zero-order valence-electron chi connectivity index (χ0n) is 16.4. The van der Waals surface area contributed by atoms with Gasteiger partial charge in [-0.1, -0.05) is 12.1 Å². The third-order valence-corrected chi connectivity index (χ3v) is 3.86. The van der Waals surface area contributed by atoms with E-state index in [1.54, 1.807) is 6.07 Å². The lowest BCUT2D eigenvalue weighted by molar-refractivity contribution is -0.137. The van der Waals surface area contributed by atoms with Gasteiger partial charge in [0.05, 0.1) is 19.8 Å². The summed E-state index contributed by atoms with van der Waals surface area (Å²) >= 11 is 0. The van der Waals surface area contributed by atoms with E-state index in [1.807, 2.05) is 0 Å². The zero-order chi connectivity index (χ0) is 23.0. The van der Waals surface area contributed by atoms with Crippen LogP contribution in [0.15, 0.2) is 48.0 Å². The Morgan fingerprint density at radius 3 is 2.48 bits per heavy atom. The standard InChI is InChI=1S/C21H17F3N2O5/c1-29-18-9-13(8-14(11-25)20(28)30-2)6-7-17(18)31-12-19(27)26-16-5-3-4-15(10-16)21(22,23)24/h3-10H,12H2,1-2H3,(H,26,27). The third-order valence-electron chi connectivity index (χ3n) is 3.86. The molecule has 31 heavy (non-hydrogen) atoms. The largest absolute Gasteiger partial charge is 0.493 e. The summed E-state index contributed by atoms with van der Waals surface area (Å²) in [6.07, 6.45) is -3.24. The molecule has 10 heteroatoms. The molecule has 7 nitrogen and oxygen atoms in total. The number of nitriles is 1. The van der Waals surface area contributed by atoms with Gasteiger partial charge in [0.25, 0.3) is 5.91 Å². The number of hydrogen-bond acceptors (Lipinski definition) is 6. The van der Waals surface area contributed by atoms with Crippen molar-refractivity contribution >= 4 is 23.6 Å². The topological polar surface area (TPSA) is 97.7 Å². The number of rotatable bonds is 7. The summed E-state index contributed by atoms with van der Waals surface area (Å²) in [5.74, 6) is -1.09. The summed E-state index contributed by atoms with van der Waals surface area (Å²) in [4.78, 5) is 23.5. The van der Waals surface area contributed by atoms with E-state index in [1.165, 1.54) is 43.5 Å². The maximum absolute atomic E-state index is 12.8. The molecule has 0 atom stereocenters. The van der Waals surface area contributed by atoms with Gasteiger partial charge in [0.2, 0.25) is 0 Å². The monoisotopic (exact) mass is 434 g/mol. The average molecular weight is 434 g/mol. The minimum Gasteiger partial charge on any atom is -0.493 e. The lowest BCUT2D eigenvalue weighted by Gasteiger charge is -2.12. The lowest BCUT2D eigenvalue weighted by Crippen LogP contribution is -2.20. The summed E-state index contributed by atoms with van der Waals surface area (Å²) in [5, 5.41) is 11.3. The zero-order valence-corrected chi connectivity index (χ0v) is 16.4. The molecule has 0 fully saturated rings. The molecule has 1 N–H and O–H groups in total. The van der Waals surface area contributed by atoms with Crippen molar-refractivity contribution in [3.05, 3.63) is 59.2 Å². The smallest absolute Gasteiger partial charge is 0.416 e. The number of ether oxygens (including phenoxy) is 3. The number of nitrogens with one attached hydrogen (secondary N) is 1. The number of hydrogen-bond donors (Lipinski definition) is 1. The molecule has 0 aromatic heterocycles. The van der Waals surface area contributed by atoms with Crippen molar-refractivity contribution in [2.75, 3.05) is 26.1 Å². The van der Waals surface area contributed by atoms with Gasteiger partial charge in [-0.15, -0.1) is 0 Å². The predicted octanol–water partition coefficient (Wildman–Crippen LogP) is 3.81. The lowest BCUT2D eigenvalue weighted by atomic mass is 10.1. The number of halogens is 3. The number of anilines is 1. The van der Waals surface area contributed by atoms with Crippen molar-refractivity contribution in [2.45, 2.75) is 6.18 Å². The highest BCUT2D eigenvalue weighted by atomic mass is 19.4. The van der Waals surface area contributed by atoms with Gasteiger partial charge < -0.3 is 19.5 Å². The Morgan fingerprint density at radius 1 is 1.13 bits per heavy atom. The fourth-order valence-electron chi connectivity index (χ4n) is 2.42. The van der Waals surface area contributed by atoms with Crippen molar-refractivity contribution in [3.8, 4) is 17.6 Å². The van der Waals surface area contributed by atoms with Crippen molar-refractivity contribution in [3.63, 3.8) is 0 Å². The first-order valence-electron chi connectivity index (χ1n) is 8.66. The number of nitrogens with zero attached hydrogens (tertiary/aromatic N) is 1. The van der Waals surface area contributed by atoms with E-state index in [0.717, 1.165) is 19.2 Å². The Hall–Kier alpha value is -4.00. The summed E-state index contributed by atoms with van der Waals surface area (Å²) in [7, 11) is 2.50. The van der Waals surface area contributed by atoms with Crippen LogP contribution in [0.5, 0.6) is 11.5 Å². The second kappa shape index (κ2) is 10.2. The van der Waals surface area contributed by atoms with Gasteiger partial charge in [-0.05, 0) is 42.0 Å². The van der Waals surface area contributed by atoms with Crippen molar-refractivity contribution < 1.29 is 37.0 Å². The predicted molar refractivity (Wildman–Crippen MR) is 104 cm³/mol. The molecule has 1 amide bonds. The molecule has 0 radical (unpaired) electrons. The van der Waals surface area contributed by atoms with E-state index in [-0.39, 0.29) is 22.8 Å². The molecule has 0 spiro atoms. The molecular formula is C21H17F3N2O5. The van der Waals surface area contributed by atoms with Crippen molar-refractivity contribution in [1.29, 1.82) is 5.26 Å². The van der Waals surface area contributed by atoms with Gasteiger partial charge in [-0.3, -0.25) is 4.79 Å². The number of alkyl halides is 3. The molecule has 0 heterocycles. The van der Waals surface area contributed by atoms with E-state index in [2.05, 4.69) is 10.1 Å². The Bertz CT molecular complexity index is 1040. The fraction of sp³-hybridized carbons (Fsp3) is 0.190. The molecule has 0 unspecified atom stereocenters. The molecule has 0 aliphatic rings. The summed E-state index contributed by atoms with van der Waals surface area (Å²) in [6.45, 7) is -0.493. The first kappa shape index (κ1) is 23.3. The van der Waals surface area contributed by atoms with Crippen LogP contribution in [0.25, 0.3) is 6.08 Å². The highest BCUT2D eigenvalue weighted by Crippen LogP contribution is 2.31. The normalized spacial score (nSPS) is 11.3. The molecule has 2 aromatic rings. The van der Waals surface area contributed by atoms with E-state index in [4.69, 9.17) is 14.7 Å². The number of amides is 1. The van der Waals surface area contributed by atoms with Gasteiger partial charge in [-0.2, -0.15) is 18.4 Å². The van der Waals surface area contributed by atoms with Crippen LogP contribution in [-0.4, -0.2) is 32.7 Å². The molecule has 162 valence electrons. The second-order valence-electron chi connectivity index (χ2n) is 5.99. The van der Waals surface area contributed by atoms with Gasteiger partial charge in [-0.25, -0.2) is 4.79 Å². The molecule has 2 rings (SSSR count). The maximum atomic E-state index is 12.8. The second-order valence-corrected chi connectivity index (χ2v) is 5.99. The first-order valence-corrected chi connectivity index (χ1v) is 8.66. The number of esters is 1. The highest BCUT2D eigenvalue weighted by molar-refractivity contribution is 5.97. The molecular weight excluding hydrogens is 417 g/mol. The van der Waals surface area contributed by atoms with Crippen LogP contribution >= 0.6 is 0 Å². The maximum Gasteiger partial charge on any atom is 0.416 e. The van der Waals surface area contributed by atoms with E-state index in [0.29, 0.717) is 5.56 Å². The van der Waals surface area contributed by atoms with E-state index >= 15 is 0 Å². The molecule has 0 saturated carbocycles. The Balaban J connectivity index is 2.08. The van der Waals surface area contributed by atoms with Crippen LogP contribution in [0.3, 0.4) is 0 Å². The van der Waals surface area contributed by atoms with Crippen LogP contribution in [0, 0.1) is 11.3 Å². The number of carbonyl (C=O) groups is 2. The van der Waals surface area contributed by atoms with Crippen LogP contribution in [-0.2, 0) is 20.5 Å². The Morgan fingerprint density at radius 2 is 1.87 bits per heavy atom. The van der Waals surface area contributed by atoms with E-state index < -0.39 is 30.2 Å². The highest BCUT2D eigenvalue weighted by Gasteiger charge is 2.30. The van der Waals surface area contributed by atoms with Gasteiger partial charge in [0.15, 0.2) is 18.1 Å². The fourth-order valence-corrected chi connectivity index (χ4v) is 2.42. The Labute approximate surface area is 175 Å². The summed E-state index contributed by atoms with van der Waals surface area (Å²) in [6, 6.07) is 10.4. The molecule has 0 aliphatic heterocycles. The SMILES string of the molecule is COC(=O)C(C#N)=Cc1ccc(OCC(=O)Nc2cccc(C(F)(F)F)c2)c(OC)c1. The average Bonchev–Trinajstić information content (AvgIpc) is 2.75. The van der Waals surface area contributed by atoms with Crippen LogP contribution in [0.4, 0.5) is 18.9 Å². The quantitative estimate of drug-likeness (QED) is 0.404. The molecule has 0 aliphatic carbocycles. The van der Waals surface area contributed by atoms with Crippen LogP contribution in [0.1, 0.15) is 11.1 Å². The number of methoxy groups -OCH3 is 2. The van der Waals surface area contributed by atoms with E-state index in [9.17, 15) is 22.8 Å². The van der Waals surface area contributed by atoms with Crippen molar-refractivity contribution in [1.82, 2.24) is 0 Å². The summed E-state index contributed by atoms with van der Waals surface area (Å²) < 4.78 is 53.3. The van der Waals surface area contributed by atoms with Gasteiger partial charge in [0.1, 0.15) is 11.6 Å². The molecule has 0 saturated heterocycles. The third kappa shape index (κ3) is 6.50. The van der Waals surface area contributed by atoms with Gasteiger partial charge >= 0.3 is 12.1 Å². The van der Waals surface area contributed by atoms with Crippen LogP contribution < -0.4 is 14.8 Å². The van der Waals surface area contributed by atoms with Gasteiger partial charge in [0, 0.05) is 5.69 Å². The van der Waals surface area contributed by atoms with Crippen LogP contribution in [0.2, 0.25) is 0 Å². The molecule has 2 aromatic carbocycles. The summed E-state index contributed by atoms with van der Waals surface area (Å²) in [5.41, 5.74) is -0.693. The van der Waals surface area contributed by atoms with Crippen molar-refractivity contribution in [2.24, 2.45) is 0 Å².